The van der Waals surface area contributed by atoms with Crippen molar-refractivity contribution >= 4 is 24.0 Å². The number of carbonyl (C=O) groups is 1. The van der Waals surface area contributed by atoms with Gasteiger partial charge in [0.15, 0.2) is 0 Å². The van der Waals surface area contributed by atoms with E-state index in [0.29, 0.717) is 12.1 Å². The molecule has 1 amide bonds. The van der Waals surface area contributed by atoms with Crippen LogP contribution in [0.1, 0.15) is 29.8 Å². The maximum absolute atomic E-state index is 12.6. The second kappa shape index (κ2) is 6.87. The number of nitrogens with zero attached hydrogens (tertiary/aromatic N) is 2. The summed E-state index contributed by atoms with van der Waals surface area (Å²) in [4.78, 5) is 24.8. The van der Waals surface area contributed by atoms with Crippen LogP contribution in [0.25, 0.3) is 0 Å². The molecule has 21 heavy (non-hydrogen) atoms. The molecule has 2 rings (SSSR count). The molecule has 1 aromatic rings. The van der Waals surface area contributed by atoms with E-state index in [0.717, 1.165) is 12.1 Å². The molecule has 0 aliphatic carbocycles. The molecule has 116 valence electrons. The predicted molar refractivity (Wildman–Crippen MR) is 83.0 cm³/mol. The molecule has 0 spiro atoms. The van der Waals surface area contributed by atoms with E-state index in [2.05, 4.69) is 5.32 Å². The van der Waals surface area contributed by atoms with E-state index in [4.69, 9.17) is 0 Å². The molecule has 0 aromatic heterocycles. The van der Waals surface area contributed by atoms with Crippen LogP contribution in [0.2, 0.25) is 0 Å². The lowest BCUT2D eigenvalue weighted by molar-refractivity contribution is -0.384. The smallest absolute Gasteiger partial charge is 0.270 e. The maximum Gasteiger partial charge on any atom is 0.270 e. The van der Waals surface area contributed by atoms with Gasteiger partial charge in [0.1, 0.15) is 0 Å². The first-order valence-corrected chi connectivity index (χ1v) is 6.71. The lowest BCUT2D eigenvalue weighted by atomic mass is 10.0. The number of carbonyl (C=O) groups excluding carboxylic acids is 1. The van der Waals surface area contributed by atoms with Crippen molar-refractivity contribution < 1.29 is 9.72 Å². The normalized spacial score (nSPS) is 21.6. The number of hydrogen-bond donors (Lipinski definition) is 1. The van der Waals surface area contributed by atoms with E-state index in [1.54, 1.807) is 17.9 Å². The van der Waals surface area contributed by atoms with E-state index in [1.165, 1.54) is 12.1 Å². The third-order valence-electron chi connectivity index (χ3n) is 3.96. The maximum atomic E-state index is 12.6. The van der Waals surface area contributed by atoms with Gasteiger partial charge in [0.25, 0.3) is 11.6 Å². The van der Waals surface area contributed by atoms with E-state index >= 15 is 0 Å². The van der Waals surface area contributed by atoms with Crippen molar-refractivity contribution in [3.63, 3.8) is 0 Å². The summed E-state index contributed by atoms with van der Waals surface area (Å²) in [6, 6.07) is 4.70. The standard InChI is InChI=1S/C14H19N3O3.ClH/c1-9-4-5-12(17(19)20)8-13(9)14(18)16-7-6-15-10(2)11(16)3;/h4-5,8,10-11,15H,6-7H2,1-3H3;1H. The highest BCUT2D eigenvalue weighted by Gasteiger charge is 2.30. The zero-order valence-electron chi connectivity index (χ0n) is 12.3. The number of non-ortho nitro benzene ring substituents is 1. The molecule has 7 heteroatoms. The Labute approximate surface area is 130 Å². The molecule has 0 bridgehead atoms. The van der Waals surface area contributed by atoms with E-state index in [9.17, 15) is 14.9 Å². The van der Waals surface area contributed by atoms with Crippen LogP contribution in [0.4, 0.5) is 5.69 Å². The first kappa shape index (κ1) is 17.4. The number of piperazine rings is 1. The minimum Gasteiger partial charge on any atom is -0.333 e. The molecule has 6 nitrogen and oxygen atoms in total. The summed E-state index contributed by atoms with van der Waals surface area (Å²) < 4.78 is 0. The summed E-state index contributed by atoms with van der Waals surface area (Å²) in [5, 5.41) is 14.2. The summed E-state index contributed by atoms with van der Waals surface area (Å²) in [5.41, 5.74) is 1.13. The Morgan fingerprint density at radius 3 is 2.71 bits per heavy atom. The van der Waals surface area contributed by atoms with Gasteiger partial charge in [0.05, 0.1) is 4.92 Å². The summed E-state index contributed by atoms with van der Waals surface area (Å²) in [6.45, 7) is 7.18. The van der Waals surface area contributed by atoms with Gasteiger partial charge in [-0.1, -0.05) is 6.07 Å². The summed E-state index contributed by atoms with van der Waals surface area (Å²) in [5.74, 6) is -0.132. The molecule has 1 saturated heterocycles. The van der Waals surface area contributed by atoms with E-state index in [1.807, 2.05) is 13.8 Å². The average Bonchev–Trinajstić information content (AvgIpc) is 2.41. The Balaban J connectivity index is 0.00000220. The Morgan fingerprint density at radius 2 is 2.10 bits per heavy atom. The predicted octanol–water partition coefficient (Wildman–Crippen LogP) is 2.15. The molecule has 1 heterocycles. The number of nitro benzene ring substituents is 1. The number of hydrogen-bond acceptors (Lipinski definition) is 4. The number of amides is 1. The quantitative estimate of drug-likeness (QED) is 0.670. The highest BCUT2D eigenvalue weighted by molar-refractivity contribution is 5.96. The van der Waals surface area contributed by atoms with Crippen molar-refractivity contribution in [3.8, 4) is 0 Å². The molecule has 1 aromatic carbocycles. The molecule has 1 aliphatic heterocycles. The van der Waals surface area contributed by atoms with Gasteiger partial charge in [-0.2, -0.15) is 0 Å². The fourth-order valence-electron chi connectivity index (χ4n) is 2.45. The third-order valence-corrected chi connectivity index (χ3v) is 3.96. The van der Waals surface area contributed by atoms with Gasteiger partial charge in [-0.25, -0.2) is 0 Å². The van der Waals surface area contributed by atoms with E-state index < -0.39 is 4.92 Å². The molecule has 2 unspecified atom stereocenters. The minimum atomic E-state index is -0.472. The monoisotopic (exact) mass is 313 g/mol. The van der Waals surface area contributed by atoms with Crippen LogP contribution < -0.4 is 5.32 Å². The Bertz CT molecular complexity index is 550. The molecule has 1 N–H and O–H groups in total. The minimum absolute atomic E-state index is 0. The highest BCUT2D eigenvalue weighted by Crippen LogP contribution is 2.21. The zero-order chi connectivity index (χ0) is 14.9. The van der Waals surface area contributed by atoms with Crippen LogP contribution >= 0.6 is 12.4 Å². The van der Waals surface area contributed by atoms with Gasteiger partial charge in [-0.05, 0) is 26.3 Å². The first-order chi connectivity index (χ1) is 9.41. The number of aryl methyl sites for hydroxylation is 1. The second-order valence-corrected chi connectivity index (χ2v) is 5.24. The van der Waals surface area contributed by atoms with Gasteiger partial charge in [0.2, 0.25) is 0 Å². The van der Waals surface area contributed by atoms with Gasteiger partial charge < -0.3 is 10.2 Å². The van der Waals surface area contributed by atoms with Crippen LogP contribution in [-0.2, 0) is 0 Å². The Morgan fingerprint density at radius 1 is 1.43 bits per heavy atom. The topological polar surface area (TPSA) is 75.5 Å². The molecule has 1 aliphatic rings. The largest absolute Gasteiger partial charge is 0.333 e. The van der Waals surface area contributed by atoms with Crippen LogP contribution in [0.3, 0.4) is 0 Å². The number of benzene rings is 1. The molecule has 2 atom stereocenters. The fourth-order valence-corrected chi connectivity index (χ4v) is 2.45. The highest BCUT2D eigenvalue weighted by atomic mass is 35.5. The van der Waals surface area contributed by atoms with Crippen molar-refractivity contribution in [3.05, 3.63) is 39.4 Å². The molecular weight excluding hydrogens is 294 g/mol. The van der Waals surface area contributed by atoms with Gasteiger partial charge in [-0.3, -0.25) is 14.9 Å². The number of rotatable bonds is 2. The second-order valence-electron chi connectivity index (χ2n) is 5.24. The van der Waals surface area contributed by atoms with Crippen LogP contribution in [0.15, 0.2) is 18.2 Å². The van der Waals surface area contributed by atoms with Gasteiger partial charge in [-0.15, -0.1) is 12.4 Å². The first-order valence-electron chi connectivity index (χ1n) is 6.71. The summed E-state index contributed by atoms with van der Waals surface area (Å²) in [7, 11) is 0. The average molecular weight is 314 g/mol. The molecule has 0 radical (unpaired) electrons. The SMILES string of the molecule is Cc1ccc([N+](=O)[O-])cc1C(=O)N1CCNC(C)C1C.Cl. The van der Waals surface area contributed by atoms with Crippen LogP contribution in [0.5, 0.6) is 0 Å². The van der Waals surface area contributed by atoms with Crippen LogP contribution in [0, 0.1) is 17.0 Å². The van der Waals surface area contributed by atoms with Crippen molar-refractivity contribution in [1.29, 1.82) is 0 Å². The fraction of sp³-hybridized carbons (Fsp3) is 0.500. The molecular formula is C14H20ClN3O3. The van der Waals surface area contributed by atoms with Crippen molar-refractivity contribution in [1.82, 2.24) is 10.2 Å². The van der Waals surface area contributed by atoms with Gasteiger partial charge >= 0.3 is 0 Å². The Kier molecular flexibility index (Phi) is 5.69. The molecule has 0 saturated carbocycles. The molecule has 1 fully saturated rings. The lowest BCUT2D eigenvalue weighted by Gasteiger charge is -2.38. The summed E-state index contributed by atoms with van der Waals surface area (Å²) in [6.07, 6.45) is 0. The Hall–Kier alpha value is -1.66. The van der Waals surface area contributed by atoms with E-state index in [-0.39, 0.29) is 36.1 Å². The lowest BCUT2D eigenvalue weighted by Crippen LogP contribution is -2.57. The van der Waals surface area contributed by atoms with Crippen LogP contribution in [-0.4, -0.2) is 40.9 Å². The third kappa shape index (κ3) is 3.51. The number of halogens is 1. The number of nitro groups is 1. The number of nitrogens with one attached hydrogen (secondary N) is 1. The van der Waals surface area contributed by atoms with Gasteiger partial charge in [0, 0.05) is 42.9 Å². The van der Waals surface area contributed by atoms with Crippen molar-refractivity contribution in [2.24, 2.45) is 0 Å². The van der Waals surface area contributed by atoms with Crippen molar-refractivity contribution in [2.45, 2.75) is 32.9 Å². The summed E-state index contributed by atoms with van der Waals surface area (Å²) >= 11 is 0. The van der Waals surface area contributed by atoms with Crippen molar-refractivity contribution in [2.75, 3.05) is 13.1 Å². The zero-order valence-corrected chi connectivity index (χ0v) is 13.1.